The number of esters is 1. The number of amides is 1. The molecule has 0 spiro atoms. The molecule has 0 aromatic carbocycles. The SMILES string of the molecule is COC(=O)c1[nH]c2c3c1CCNC(=O)C3C(C)C=C2. The van der Waals surface area contributed by atoms with Crippen molar-refractivity contribution in [3.63, 3.8) is 0 Å². The number of carbonyl (C=O) groups excluding carboxylic acids is 2. The van der Waals surface area contributed by atoms with Gasteiger partial charge in [-0.3, -0.25) is 4.79 Å². The molecule has 3 rings (SSSR count). The molecule has 2 unspecified atom stereocenters. The lowest BCUT2D eigenvalue weighted by atomic mass is 9.80. The van der Waals surface area contributed by atoms with Crippen LogP contribution in [0.3, 0.4) is 0 Å². The molecule has 2 heterocycles. The minimum Gasteiger partial charge on any atom is -0.464 e. The van der Waals surface area contributed by atoms with Gasteiger partial charge in [-0.2, -0.15) is 0 Å². The molecule has 0 fully saturated rings. The lowest BCUT2D eigenvalue weighted by molar-refractivity contribution is -0.123. The zero-order valence-electron chi connectivity index (χ0n) is 10.9. The van der Waals surface area contributed by atoms with Crippen molar-refractivity contribution < 1.29 is 14.3 Å². The molecule has 0 saturated carbocycles. The Kier molecular flexibility index (Phi) is 2.69. The number of H-pyrrole nitrogens is 1. The van der Waals surface area contributed by atoms with Gasteiger partial charge in [-0.05, 0) is 29.5 Å². The highest BCUT2D eigenvalue weighted by Crippen LogP contribution is 2.39. The third-order valence-electron chi connectivity index (χ3n) is 3.93. The summed E-state index contributed by atoms with van der Waals surface area (Å²) >= 11 is 0. The molecule has 2 N–H and O–H groups in total. The van der Waals surface area contributed by atoms with E-state index in [1.807, 2.05) is 19.1 Å². The quantitative estimate of drug-likeness (QED) is 0.746. The van der Waals surface area contributed by atoms with Gasteiger partial charge in [0.2, 0.25) is 5.91 Å². The van der Waals surface area contributed by atoms with Crippen LogP contribution in [0.15, 0.2) is 6.08 Å². The second kappa shape index (κ2) is 4.26. The van der Waals surface area contributed by atoms with Gasteiger partial charge in [0.05, 0.1) is 13.0 Å². The highest BCUT2D eigenvalue weighted by molar-refractivity contribution is 5.94. The standard InChI is InChI=1S/C14H16N2O3/c1-7-3-4-9-11-8(12(16-9)14(18)19-2)5-6-15-13(17)10(7)11/h3-4,7,10,16H,5-6H2,1-2H3,(H,15,17). The van der Waals surface area contributed by atoms with E-state index in [0.29, 0.717) is 18.7 Å². The molecule has 1 amide bonds. The van der Waals surface area contributed by atoms with E-state index in [1.165, 1.54) is 7.11 Å². The minimum absolute atomic E-state index is 0.0345. The van der Waals surface area contributed by atoms with Crippen LogP contribution >= 0.6 is 0 Å². The first-order valence-corrected chi connectivity index (χ1v) is 6.42. The van der Waals surface area contributed by atoms with Crippen molar-refractivity contribution in [1.29, 1.82) is 0 Å². The summed E-state index contributed by atoms with van der Waals surface area (Å²) in [4.78, 5) is 27.1. The number of aromatic amines is 1. The molecule has 1 aliphatic carbocycles. The molecule has 0 saturated heterocycles. The van der Waals surface area contributed by atoms with E-state index in [1.54, 1.807) is 0 Å². The lowest BCUT2D eigenvalue weighted by Gasteiger charge is -2.23. The van der Waals surface area contributed by atoms with Crippen LogP contribution in [0, 0.1) is 5.92 Å². The fourth-order valence-corrected chi connectivity index (χ4v) is 3.01. The zero-order valence-corrected chi connectivity index (χ0v) is 10.9. The molecule has 0 bridgehead atoms. The molecule has 1 aromatic heterocycles. The average molecular weight is 260 g/mol. The van der Waals surface area contributed by atoms with Gasteiger partial charge in [0.15, 0.2) is 0 Å². The molecule has 5 heteroatoms. The number of rotatable bonds is 1. The van der Waals surface area contributed by atoms with Crippen molar-refractivity contribution in [3.05, 3.63) is 28.6 Å². The van der Waals surface area contributed by atoms with E-state index in [9.17, 15) is 9.59 Å². The summed E-state index contributed by atoms with van der Waals surface area (Å²) in [6.07, 6.45) is 4.60. The van der Waals surface area contributed by atoms with Crippen LogP contribution in [-0.2, 0) is 16.0 Å². The molecule has 1 aliphatic heterocycles. The lowest BCUT2D eigenvalue weighted by Crippen LogP contribution is -2.32. The maximum atomic E-state index is 12.2. The first-order chi connectivity index (χ1) is 9.13. The van der Waals surface area contributed by atoms with E-state index in [2.05, 4.69) is 10.3 Å². The predicted molar refractivity (Wildman–Crippen MR) is 69.8 cm³/mol. The third-order valence-corrected chi connectivity index (χ3v) is 3.93. The molecule has 2 atom stereocenters. The molecular formula is C14H16N2O3. The number of ether oxygens (including phenoxy) is 1. The van der Waals surface area contributed by atoms with Crippen LogP contribution in [0.1, 0.15) is 40.2 Å². The predicted octanol–water partition coefficient (Wildman–Crippen LogP) is 1.22. The van der Waals surface area contributed by atoms with Crippen molar-refractivity contribution in [2.24, 2.45) is 5.92 Å². The number of methoxy groups -OCH3 is 1. The molecule has 19 heavy (non-hydrogen) atoms. The van der Waals surface area contributed by atoms with Gasteiger partial charge in [-0.1, -0.05) is 13.0 Å². The molecule has 0 radical (unpaired) electrons. The molecular weight excluding hydrogens is 244 g/mol. The smallest absolute Gasteiger partial charge is 0.354 e. The molecule has 100 valence electrons. The summed E-state index contributed by atoms with van der Waals surface area (Å²) in [6, 6.07) is 0. The van der Waals surface area contributed by atoms with Crippen LogP contribution < -0.4 is 5.32 Å². The number of aromatic nitrogens is 1. The topological polar surface area (TPSA) is 71.2 Å². The summed E-state index contributed by atoms with van der Waals surface area (Å²) < 4.78 is 4.81. The van der Waals surface area contributed by atoms with E-state index in [4.69, 9.17) is 4.74 Å². The Hall–Kier alpha value is -2.04. The number of allylic oxidation sites excluding steroid dienone is 1. The Morgan fingerprint density at radius 3 is 3.00 bits per heavy atom. The Balaban J connectivity index is 2.21. The van der Waals surface area contributed by atoms with Crippen molar-refractivity contribution in [1.82, 2.24) is 10.3 Å². The first kappa shape index (κ1) is 12.0. The Morgan fingerprint density at radius 1 is 1.47 bits per heavy atom. The summed E-state index contributed by atoms with van der Waals surface area (Å²) in [5, 5.41) is 2.92. The second-order valence-corrected chi connectivity index (χ2v) is 5.03. The highest BCUT2D eigenvalue weighted by atomic mass is 16.5. The number of nitrogens with one attached hydrogen (secondary N) is 2. The Bertz CT molecular complexity index is 586. The van der Waals surface area contributed by atoms with Gasteiger partial charge < -0.3 is 15.0 Å². The first-order valence-electron chi connectivity index (χ1n) is 6.42. The molecule has 5 nitrogen and oxygen atoms in total. The third kappa shape index (κ3) is 1.69. The van der Waals surface area contributed by atoms with E-state index in [0.717, 1.165) is 16.8 Å². The van der Waals surface area contributed by atoms with Gasteiger partial charge >= 0.3 is 5.97 Å². The zero-order chi connectivity index (χ0) is 13.6. The van der Waals surface area contributed by atoms with Gasteiger partial charge in [0.1, 0.15) is 5.69 Å². The van der Waals surface area contributed by atoms with Crippen molar-refractivity contribution in [3.8, 4) is 0 Å². The number of carbonyl (C=O) groups is 2. The van der Waals surface area contributed by atoms with Crippen LogP contribution in [-0.4, -0.2) is 30.5 Å². The number of hydrogen-bond donors (Lipinski definition) is 2. The summed E-state index contributed by atoms with van der Waals surface area (Å²) in [5.41, 5.74) is 3.22. The molecule has 1 aromatic rings. The van der Waals surface area contributed by atoms with Crippen molar-refractivity contribution in [2.45, 2.75) is 19.3 Å². The van der Waals surface area contributed by atoms with Crippen molar-refractivity contribution >= 4 is 18.0 Å². The van der Waals surface area contributed by atoms with E-state index < -0.39 is 0 Å². The fourth-order valence-electron chi connectivity index (χ4n) is 3.01. The van der Waals surface area contributed by atoms with Crippen LogP contribution in [0.25, 0.3) is 6.08 Å². The fraction of sp³-hybridized carbons (Fsp3) is 0.429. The van der Waals surface area contributed by atoms with Gasteiger partial charge in [-0.25, -0.2) is 4.79 Å². The van der Waals surface area contributed by atoms with Crippen LogP contribution in [0.2, 0.25) is 0 Å². The highest BCUT2D eigenvalue weighted by Gasteiger charge is 2.37. The average Bonchev–Trinajstić information content (AvgIpc) is 2.66. The van der Waals surface area contributed by atoms with Crippen LogP contribution in [0.5, 0.6) is 0 Å². The minimum atomic E-state index is -0.376. The largest absolute Gasteiger partial charge is 0.464 e. The normalized spacial score (nSPS) is 24.4. The summed E-state index contributed by atoms with van der Waals surface area (Å²) in [5.74, 6) is -0.427. The Morgan fingerprint density at radius 2 is 2.26 bits per heavy atom. The van der Waals surface area contributed by atoms with Gasteiger partial charge in [0.25, 0.3) is 0 Å². The monoisotopic (exact) mass is 260 g/mol. The van der Waals surface area contributed by atoms with Crippen molar-refractivity contribution in [2.75, 3.05) is 13.7 Å². The maximum Gasteiger partial charge on any atom is 0.354 e. The van der Waals surface area contributed by atoms with E-state index in [-0.39, 0.29) is 23.7 Å². The van der Waals surface area contributed by atoms with Gasteiger partial charge in [-0.15, -0.1) is 0 Å². The second-order valence-electron chi connectivity index (χ2n) is 5.03. The summed E-state index contributed by atoms with van der Waals surface area (Å²) in [7, 11) is 1.37. The molecule has 2 aliphatic rings. The van der Waals surface area contributed by atoms with Gasteiger partial charge in [0, 0.05) is 12.2 Å². The number of hydrogen-bond acceptors (Lipinski definition) is 3. The summed E-state index contributed by atoms with van der Waals surface area (Å²) in [6.45, 7) is 2.57. The maximum absolute atomic E-state index is 12.2. The van der Waals surface area contributed by atoms with Crippen LogP contribution in [0.4, 0.5) is 0 Å². The Labute approximate surface area is 111 Å². The van der Waals surface area contributed by atoms with E-state index >= 15 is 0 Å².